The quantitative estimate of drug-likeness (QED) is 0.399. The Hall–Kier alpha value is -3.50. The summed E-state index contributed by atoms with van der Waals surface area (Å²) in [6, 6.07) is 34.9. The van der Waals surface area contributed by atoms with E-state index in [0.29, 0.717) is 5.82 Å². The molecular weight excluding hydrogens is 332 g/mol. The number of benzene rings is 3. The molecule has 4 heteroatoms. The fourth-order valence-electron chi connectivity index (χ4n) is 3.31. The average molecular weight is 352 g/mol. The predicted octanol–water partition coefficient (Wildman–Crippen LogP) is 4.39. The first-order valence-corrected chi connectivity index (χ1v) is 8.87. The molecule has 0 aliphatic rings. The fraction of sp³-hybridized carbons (Fsp3) is 0.0435. The van der Waals surface area contributed by atoms with Gasteiger partial charge in [0.05, 0.1) is 0 Å². The number of aromatic nitrogens is 2. The van der Waals surface area contributed by atoms with Crippen molar-refractivity contribution in [3.8, 4) is 0 Å². The van der Waals surface area contributed by atoms with Gasteiger partial charge in [-0.1, -0.05) is 91.0 Å². The molecule has 2 N–H and O–H groups in total. The number of hydrazine groups is 1. The minimum atomic E-state index is -0.596. The summed E-state index contributed by atoms with van der Waals surface area (Å²) < 4.78 is 0. The minimum Gasteiger partial charge on any atom is -0.303 e. The molecule has 0 atom stereocenters. The van der Waals surface area contributed by atoms with Crippen LogP contribution in [0.25, 0.3) is 0 Å². The molecule has 0 radical (unpaired) electrons. The van der Waals surface area contributed by atoms with Crippen LogP contribution < -0.4 is 10.9 Å². The third-order valence-corrected chi connectivity index (χ3v) is 4.57. The number of hydrogen-bond acceptors (Lipinski definition) is 4. The Morgan fingerprint density at radius 1 is 0.556 bits per heavy atom. The molecule has 0 amide bonds. The summed E-state index contributed by atoms with van der Waals surface area (Å²) in [5.41, 5.74) is 9.58. The standard InChI is InChI=1S/C23H20N4/c1-4-11-19(12-5-1)23(20-13-6-2-7-14-20,21-15-8-3-9-16-21)27-26-22-17-10-18-24-25-22/h1-18,27H,(H,25,26). The van der Waals surface area contributed by atoms with Crippen LogP contribution in [0.3, 0.4) is 0 Å². The predicted molar refractivity (Wildman–Crippen MR) is 108 cm³/mol. The molecule has 0 unspecified atom stereocenters. The van der Waals surface area contributed by atoms with E-state index in [-0.39, 0.29) is 0 Å². The molecule has 0 fully saturated rings. The third kappa shape index (κ3) is 3.43. The monoisotopic (exact) mass is 352 g/mol. The third-order valence-electron chi connectivity index (χ3n) is 4.57. The first-order chi connectivity index (χ1) is 13.4. The summed E-state index contributed by atoms with van der Waals surface area (Å²) in [6.45, 7) is 0. The SMILES string of the molecule is c1ccc(C(NNc2cccnn2)(c2ccccc2)c2ccccc2)cc1. The van der Waals surface area contributed by atoms with Gasteiger partial charge >= 0.3 is 0 Å². The van der Waals surface area contributed by atoms with Gasteiger partial charge in [-0.25, -0.2) is 5.43 Å². The van der Waals surface area contributed by atoms with Gasteiger partial charge in [-0.05, 0) is 28.8 Å². The average Bonchev–Trinajstić information content (AvgIpc) is 2.77. The highest BCUT2D eigenvalue weighted by Gasteiger charge is 2.36. The van der Waals surface area contributed by atoms with Crippen molar-refractivity contribution in [1.82, 2.24) is 15.6 Å². The zero-order valence-electron chi connectivity index (χ0n) is 14.8. The van der Waals surface area contributed by atoms with Crippen molar-refractivity contribution >= 4 is 5.82 Å². The van der Waals surface area contributed by atoms with E-state index in [2.05, 4.69) is 93.8 Å². The van der Waals surface area contributed by atoms with Crippen LogP contribution in [0.4, 0.5) is 5.82 Å². The van der Waals surface area contributed by atoms with Gasteiger partial charge < -0.3 is 5.43 Å². The highest BCUT2D eigenvalue weighted by Crippen LogP contribution is 2.36. The molecule has 0 aliphatic carbocycles. The van der Waals surface area contributed by atoms with Crippen LogP contribution in [-0.4, -0.2) is 10.2 Å². The molecule has 4 aromatic rings. The van der Waals surface area contributed by atoms with E-state index in [4.69, 9.17) is 0 Å². The zero-order valence-corrected chi connectivity index (χ0v) is 14.8. The van der Waals surface area contributed by atoms with Crippen molar-refractivity contribution in [2.24, 2.45) is 0 Å². The van der Waals surface area contributed by atoms with E-state index in [1.807, 2.05) is 30.3 Å². The van der Waals surface area contributed by atoms with E-state index >= 15 is 0 Å². The lowest BCUT2D eigenvalue weighted by Gasteiger charge is -2.37. The van der Waals surface area contributed by atoms with Gasteiger partial charge in [0.25, 0.3) is 0 Å². The molecule has 4 rings (SSSR count). The highest BCUT2D eigenvalue weighted by molar-refractivity contribution is 5.50. The van der Waals surface area contributed by atoms with Crippen molar-refractivity contribution in [2.75, 3.05) is 5.43 Å². The summed E-state index contributed by atoms with van der Waals surface area (Å²) in [6.07, 6.45) is 1.66. The molecule has 0 bridgehead atoms. The number of rotatable bonds is 6. The first-order valence-electron chi connectivity index (χ1n) is 8.87. The summed E-state index contributed by atoms with van der Waals surface area (Å²) >= 11 is 0. The molecule has 27 heavy (non-hydrogen) atoms. The Labute approximate surface area is 158 Å². The summed E-state index contributed by atoms with van der Waals surface area (Å²) in [5.74, 6) is 0.657. The van der Waals surface area contributed by atoms with E-state index in [1.54, 1.807) is 6.20 Å². The molecule has 0 saturated carbocycles. The molecule has 0 saturated heterocycles. The van der Waals surface area contributed by atoms with Crippen LogP contribution in [0, 0.1) is 0 Å². The Kier molecular flexibility index (Phi) is 4.90. The van der Waals surface area contributed by atoms with Gasteiger partial charge in [0.15, 0.2) is 5.82 Å². The Morgan fingerprint density at radius 2 is 1.04 bits per heavy atom. The number of anilines is 1. The lowest BCUT2D eigenvalue weighted by atomic mass is 9.77. The lowest BCUT2D eigenvalue weighted by Crippen LogP contribution is -2.47. The normalized spacial score (nSPS) is 11.1. The van der Waals surface area contributed by atoms with Gasteiger partial charge in [-0.3, -0.25) is 0 Å². The lowest BCUT2D eigenvalue weighted by molar-refractivity contribution is 0.518. The Balaban J connectivity index is 1.89. The molecule has 0 spiro atoms. The van der Waals surface area contributed by atoms with Crippen LogP contribution in [0.5, 0.6) is 0 Å². The number of nitrogens with zero attached hydrogens (tertiary/aromatic N) is 2. The van der Waals surface area contributed by atoms with Crippen LogP contribution in [0.1, 0.15) is 16.7 Å². The highest BCUT2D eigenvalue weighted by atomic mass is 15.4. The van der Waals surface area contributed by atoms with E-state index in [9.17, 15) is 0 Å². The minimum absolute atomic E-state index is 0.596. The van der Waals surface area contributed by atoms with Gasteiger partial charge in [0, 0.05) is 6.20 Å². The molecule has 1 aromatic heterocycles. The molecule has 0 aliphatic heterocycles. The van der Waals surface area contributed by atoms with Crippen LogP contribution in [-0.2, 0) is 5.54 Å². The second-order valence-corrected chi connectivity index (χ2v) is 6.21. The van der Waals surface area contributed by atoms with Crippen LogP contribution in [0.15, 0.2) is 109 Å². The summed E-state index contributed by atoms with van der Waals surface area (Å²) in [5, 5.41) is 8.09. The van der Waals surface area contributed by atoms with Gasteiger partial charge in [0.1, 0.15) is 5.54 Å². The largest absolute Gasteiger partial charge is 0.303 e. The van der Waals surface area contributed by atoms with Gasteiger partial charge in [-0.2, -0.15) is 5.10 Å². The van der Waals surface area contributed by atoms with Crippen LogP contribution in [0.2, 0.25) is 0 Å². The first kappa shape index (κ1) is 16.9. The zero-order chi connectivity index (χ0) is 18.4. The van der Waals surface area contributed by atoms with Crippen molar-refractivity contribution in [2.45, 2.75) is 5.54 Å². The maximum absolute atomic E-state index is 4.14. The van der Waals surface area contributed by atoms with Crippen molar-refractivity contribution in [3.63, 3.8) is 0 Å². The van der Waals surface area contributed by atoms with Gasteiger partial charge in [-0.15, -0.1) is 5.10 Å². The summed E-state index contributed by atoms with van der Waals surface area (Å²) in [4.78, 5) is 0. The van der Waals surface area contributed by atoms with E-state index < -0.39 is 5.54 Å². The topological polar surface area (TPSA) is 49.8 Å². The van der Waals surface area contributed by atoms with Crippen molar-refractivity contribution < 1.29 is 0 Å². The van der Waals surface area contributed by atoms with E-state index in [1.165, 1.54) is 0 Å². The Morgan fingerprint density at radius 3 is 1.44 bits per heavy atom. The molecule has 4 nitrogen and oxygen atoms in total. The molecular formula is C23H20N4. The fourth-order valence-corrected chi connectivity index (χ4v) is 3.31. The number of hydrogen-bond donors (Lipinski definition) is 2. The second-order valence-electron chi connectivity index (χ2n) is 6.21. The number of nitrogens with one attached hydrogen (secondary N) is 2. The van der Waals surface area contributed by atoms with Gasteiger partial charge in [0.2, 0.25) is 0 Å². The van der Waals surface area contributed by atoms with Crippen molar-refractivity contribution in [3.05, 3.63) is 126 Å². The summed E-state index contributed by atoms with van der Waals surface area (Å²) in [7, 11) is 0. The smallest absolute Gasteiger partial charge is 0.162 e. The second kappa shape index (κ2) is 7.81. The molecule has 132 valence electrons. The molecule has 1 heterocycles. The van der Waals surface area contributed by atoms with Crippen LogP contribution >= 0.6 is 0 Å². The maximum Gasteiger partial charge on any atom is 0.162 e. The van der Waals surface area contributed by atoms with Crippen molar-refractivity contribution in [1.29, 1.82) is 0 Å². The Bertz CT molecular complexity index is 861. The van der Waals surface area contributed by atoms with E-state index in [0.717, 1.165) is 16.7 Å². The molecule has 3 aromatic carbocycles. The maximum atomic E-state index is 4.14.